The van der Waals surface area contributed by atoms with Crippen LogP contribution in [0.25, 0.3) is 10.8 Å². The predicted octanol–water partition coefficient (Wildman–Crippen LogP) is 3.54. The summed E-state index contributed by atoms with van der Waals surface area (Å²) in [7, 11) is 0. The second-order valence-electron chi connectivity index (χ2n) is 5.96. The summed E-state index contributed by atoms with van der Waals surface area (Å²) in [5, 5.41) is 14.0. The van der Waals surface area contributed by atoms with Crippen LogP contribution in [0, 0.1) is 0 Å². The average Bonchev–Trinajstić information content (AvgIpc) is 2.76. The number of nitrogens with one attached hydrogen (secondary N) is 1. The van der Waals surface area contributed by atoms with E-state index in [0.717, 1.165) is 10.8 Å². The van der Waals surface area contributed by atoms with Crippen LogP contribution in [-0.2, 0) is 9.59 Å². The van der Waals surface area contributed by atoms with Crippen molar-refractivity contribution in [3.63, 3.8) is 0 Å². The molecule has 6 nitrogen and oxygen atoms in total. The van der Waals surface area contributed by atoms with Gasteiger partial charge in [-0.25, -0.2) is 4.79 Å². The van der Waals surface area contributed by atoms with Gasteiger partial charge in [0.25, 0.3) is 0 Å². The lowest BCUT2D eigenvalue weighted by molar-refractivity contribution is -0.124. The number of carbonyl (C=O) groups is 3. The van der Waals surface area contributed by atoms with E-state index >= 15 is 0 Å². The molecule has 2 N–H and O–H groups in total. The molecule has 128 valence electrons. The highest BCUT2D eigenvalue weighted by Gasteiger charge is 2.30. The average molecular weight is 346 g/mol. The van der Waals surface area contributed by atoms with Gasteiger partial charge in [-0.05, 0) is 23.6 Å². The van der Waals surface area contributed by atoms with Gasteiger partial charge in [0.2, 0.25) is 11.8 Å². The highest BCUT2D eigenvalue weighted by Crippen LogP contribution is 2.40. The van der Waals surface area contributed by atoms with Gasteiger partial charge in [-0.15, -0.1) is 0 Å². The maximum Gasteiger partial charge on any atom is 0.337 e. The smallest absolute Gasteiger partial charge is 0.337 e. The van der Waals surface area contributed by atoms with Crippen LogP contribution in [0.15, 0.2) is 60.7 Å². The van der Waals surface area contributed by atoms with E-state index in [-0.39, 0.29) is 17.7 Å². The van der Waals surface area contributed by atoms with Crippen LogP contribution in [0.4, 0.5) is 17.1 Å². The van der Waals surface area contributed by atoms with Crippen molar-refractivity contribution in [2.75, 3.05) is 10.2 Å². The Morgan fingerprint density at radius 2 is 1.65 bits per heavy atom. The number of nitrogens with zero attached hydrogens (tertiary/aromatic N) is 1. The molecular formula is C20H14N2O4. The molecule has 0 aromatic heterocycles. The third kappa shape index (κ3) is 2.48. The number of hydrogen-bond acceptors (Lipinski definition) is 3. The monoisotopic (exact) mass is 346 g/mol. The van der Waals surface area contributed by atoms with Crippen LogP contribution in [-0.4, -0.2) is 22.9 Å². The van der Waals surface area contributed by atoms with Crippen molar-refractivity contribution in [1.29, 1.82) is 0 Å². The van der Waals surface area contributed by atoms with Crippen molar-refractivity contribution >= 4 is 45.6 Å². The lowest BCUT2D eigenvalue weighted by Gasteiger charge is -2.24. The molecule has 3 aromatic carbocycles. The summed E-state index contributed by atoms with van der Waals surface area (Å²) < 4.78 is 0. The number of amides is 2. The molecule has 0 bridgehead atoms. The molecule has 3 aromatic rings. The Morgan fingerprint density at radius 3 is 2.46 bits per heavy atom. The topological polar surface area (TPSA) is 86.7 Å². The van der Waals surface area contributed by atoms with Crippen LogP contribution in [0.2, 0.25) is 0 Å². The van der Waals surface area contributed by atoms with Gasteiger partial charge >= 0.3 is 5.97 Å². The summed E-state index contributed by atoms with van der Waals surface area (Å²) >= 11 is 0. The Labute approximate surface area is 148 Å². The number of aromatic carboxylic acids is 1. The van der Waals surface area contributed by atoms with Gasteiger partial charge in [-0.3, -0.25) is 14.5 Å². The fraction of sp³-hybridized carbons (Fsp3) is 0.0500. The minimum Gasteiger partial charge on any atom is -0.478 e. The normalized spacial score (nSPS) is 13.9. The molecular weight excluding hydrogens is 332 g/mol. The lowest BCUT2D eigenvalue weighted by Crippen LogP contribution is -2.27. The van der Waals surface area contributed by atoms with Crippen LogP contribution in [0.3, 0.4) is 0 Å². The molecule has 0 unspecified atom stereocenters. The predicted molar refractivity (Wildman–Crippen MR) is 97.7 cm³/mol. The zero-order valence-corrected chi connectivity index (χ0v) is 13.6. The van der Waals surface area contributed by atoms with E-state index in [1.54, 1.807) is 24.3 Å². The molecule has 4 rings (SSSR count). The van der Waals surface area contributed by atoms with Crippen LogP contribution in [0.5, 0.6) is 0 Å². The molecule has 0 saturated heterocycles. The van der Waals surface area contributed by atoms with Crippen molar-refractivity contribution in [1.82, 2.24) is 0 Å². The van der Waals surface area contributed by atoms with E-state index in [1.807, 2.05) is 30.3 Å². The number of fused-ring (bicyclic) bond motifs is 3. The standard InChI is InChI=1S/C20H14N2O4/c23-17-11-18(24)22(15-8-4-3-7-14(15)20(25)26)16-10-9-12-5-1-2-6-13(12)19(16)21-17/h1-10H,11H2,(H,21,23)(H,25,26). The zero-order chi connectivity index (χ0) is 18.3. The first-order valence-electron chi connectivity index (χ1n) is 8.03. The van der Waals surface area contributed by atoms with Crippen molar-refractivity contribution in [2.24, 2.45) is 0 Å². The Morgan fingerprint density at radius 1 is 0.923 bits per heavy atom. The van der Waals surface area contributed by atoms with Crippen molar-refractivity contribution < 1.29 is 19.5 Å². The van der Waals surface area contributed by atoms with Gasteiger partial charge in [-0.1, -0.05) is 42.5 Å². The van der Waals surface area contributed by atoms with Crippen molar-refractivity contribution in [3.05, 3.63) is 66.2 Å². The van der Waals surface area contributed by atoms with E-state index in [2.05, 4.69) is 5.32 Å². The Bertz CT molecular complexity index is 1070. The lowest BCUT2D eigenvalue weighted by atomic mass is 10.1. The quantitative estimate of drug-likeness (QED) is 0.695. The summed E-state index contributed by atoms with van der Waals surface area (Å²) in [6, 6.07) is 17.3. The molecule has 0 aliphatic carbocycles. The number of benzene rings is 3. The molecule has 0 atom stereocenters. The number of carboxylic acid groups (broad SMARTS) is 1. The Balaban J connectivity index is 2.03. The molecule has 0 radical (unpaired) electrons. The number of rotatable bonds is 2. The number of carboxylic acids is 1. The number of hydrogen-bond donors (Lipinski definition) is 2. The summed E-state index contributed by atoms with van der Waals surface area (Å²) in [5.41, 5.74) is 1.18. The van der Waals surface area contributed by atoms with E-state index in [1.165, 1.54) is 11.0 Å². The SMILES string of the molecule is O=C1CC(=O)N(c2ccccc2C(=O)O)c2ccc3ccccc3c2N1. The Hall–Kier alpha value is -3.67. The maximum atomic E-state index is 12.8. The van der Waals surface area contributed by atoms with Crippen LogP contribution < -0.4 is 10.2 Å². The molecule has 6 heteroatoms. The molecule has 2 amide bonds. The van der Waals surface area contributed by atoms with Gasteiger partial charge in [0.1, 0.15) is 6.42 Å². The molecule has 1 aliphatic heterocycles. The highest BCUT2D eigenvalue weighted by molar-refractivity contribution is 6.22. The fourth-order valence-corrected chi connectivity index (χ4v) is 3.23. The summed E-state index contributed by atoms with van der Waals surface area (Å²) in [6.07, 6.45) is -0.364. The van der Waals surface area contributed by atoms with Crippen LogP contribution >= 0.6 is 0 Å². The summed E-state index contributed by atoms with van der Waals surface area (Å²) in [5.74, 6) is -2.05. The summed E-state index contributed by atoms with van der Waals surface area (Å²) in [6.45, 7) is 0. The molecule has 1 aliphatic rings. The van der Waals surface area contributed by atoms with E-state index in [4.69, 9.17) is 0 Å². The number of carbonyl (C=O) groups excluding carboxylic acids is 2. The van der Waals surface area contributed by atoms with E-state index in [9.17, 15) is 19.5 Å². The van der Waals surface area contributed by atoms with Gasteiger partial charge in [0, 0.05) is 5.39 Å². The fourth-order valence-electron chi connectivity index (χ4n) is 3.23. The molecule has 26 heavy (non-hydrogen) atoms. The zero-order valence-electron chi connectivity index (χ0n) is 13.6. The van der Waals surface area contributed by atoms with Crippen LogP contribution in [0.1, 0.15) is 16.8 Å². The third-order valence-electron chi connectivity index (χ3n) is 4.35. The minimum atomic E-state index is -1.14. The third-order valence-corrected chi connectivity index (χ3v) is 4.35. The number of para-hydroxylation sites is 1. The molecule has 0 fully saturated rings. The van der Waals surface area contributed by atoms with E-state index < -0.39 is 17.8 Å². The summed E-state index contributed by atoms with van der Waals surface area (Å²) in [4.78, 5) is 37.9. The van der Waals surface area contributed by atoms with Crippen molar-refractivity contribution in [2.45, 2.75) is 6.42 Å². The largest absolute Gasteiger partial charge is 0.478 e. The Kier molecular flexibility index (Phi) is 3.65. The molecule has 0 saturated carbocycles. The second-order valence-corrected chi connectivity index (χ2v) is 5.96. The molecule has 1 heterocycles. The minimum absolute atomic E-state index is 0.00527. The second kappa shape index (κ2) is 6.00. The first-order valence-corrected chi connectivity index (χ1v) is 8.03. The number of anilines is 3. The first-order chi connectivity index (χ1) is 12.6. The maximum absolute atomic E-state index is 12.8. The first kappa shape index (κ1) is 15.8. The van der Waals surface area contributed by atoms with Crippen molar-refractivity contribution in [3.8, 4) is 0 Å². The molecule has 0 spiro atoms. The van der Waals surface area contributed by atoms with E-state index in [0.29, 0.717) is 11.4 Å². The van der Waals surface area contributed by atoms with Gasteiger partial charge in [-0.2, -0.15) is 0 Å². The highest BCUT2D eigenvalue weighted by atomic mass is 16.4. The van der Waals surface area contributed by atoms with Gasteiger partial charge in [0.15, 0.2) is 0 Å². The van der Waals surface area contributed by atoms with Gasteiger partial charge in [0.05, 0.1) is 22.6 Å². The van der Waals surface area contributed by atoms with Gasteiger partial charge < -0.3 is 10.4 Å².